The van der Waals surface area contributed by atoms with Crippen LogP contribution in [0.3, 0.4) is 0 Å². The molecule has 1 aromatic carbocycles. The third-order valence-electron chi connectivity index (χ3n) is 3.64. The molecule has 0 aliphatic carbocycles. The highest BCUT2D eigenvalue weighted by Gasteiger charge is 2.36. The summed E-state index contributed by atoms with van der Waals surface area (Å²) in [6.07, 6.45) is 0.933. The highest BCUT2D eigenvalue weighted by atomic mass is 28.4. The summed E-state index contributed by atoms with van der Waals surface area (Å²) in [5, 5.41) is 0. The van der Waals surface area contributed by atoms with Crippen LogP contribution >= 0.6 is 0 Å². The van der Waals surface area contributed by atoms with E-state index in [1.807, 2.05) is 25.1 Å². The molecule has 0 atom stereocenters. The van der Waals surface area contributed by atoms with Crippen LogP contribution in [0, 0.1) is 6.92 Å². The van der Waals surface area contributed by atoms with Crippen molar-refractivity contribution in [3.8, 4) is 0 Å². The van der Waals surface area contributed by atoms with Gasteiger partial charge >= 0.3 is 8.80 Å². The van der Waals surface area contributed by atoms with Gasteiger partial charge in [0.2, 0.25) is 0 Å². The molecule has 6 heteroatoms. The minimum Gasteiger partial charge on any atom is -0.377 e. The SMILES string of the molecule is CO[Si](CCCn1c(C)nc2ccccc21)(OC)OC. The molecule has 0 bridgehead atoms. The van der Waals surface area contributed by atoms with Crippen molar-refractivity contribution in [1.82, 2.24) is 9.55 Å². The first-order chi connectivity index (χ1) is 9.65. The molecule has 0 unspecified atom stereocenters. The van der Waals surface area contributed by atoms with Crippen molar-refractivity contribution in [1.29, 1.82) is 0 Å². The normalized spacial score (nSPS) is 12.2. The van der Waals surface area contributed by atoms with Gasteiger partial charge in [0, 0.05) is 33.9 Å². The van der Waals surface area contributed by atoms with E-state index in [1.165, 1.54) is 5.52 Å². The Morgan fingerprint density at radius 1 is 1.10 bits per heavy atom. The predicted molar refractivity (Wildman–Crippen MR) is 80.7 cm³/mol. The molecule has 110 valence electrons. The summed E-state index contributed by atoms with van der Waals surface area (Å²) >= 11 is 0. The summed E-state index contributed by atoms with van der Waals surface area (Å²) < 4.78 is 18.6. The van der Waals surface area contributed by atoms with Crippen LogP contribution in [-0.2, 0) is 19.8 Å². The molecule has 0 fully saturated rings. The fourth-order valence-corrected chi connectivity index (χ4v) is 4.19. The van der Waals surface area contributed by atoms with Gasteiger partial charge in [-0.2, -0.15) is 0 Å². The van der Waals surface area contributed by atoms with Gasteiger partial charge in [-0.15, -0.1) is 0 Å². The maximum Gasteiger partial charge on any atom is 0.500 e. The van der Waals surface area contributed by atoms with Crippen LogP contribution in [0.5, 0.6) is 0 Å². The molecular weight excluding hydrogens is 272 g/mol. The first-order valence-corrected chi connectivity index (χ1v) is 8.66. The molecule has 2 aromatic rings. The van der Waals surface area contributed by atoms with Crippen LogP contribution in [-0.4, -0.2) is 39.7 Å². The Balaban J connectivity index is 2.08. The highest BCUT2D eigenvalue weighted by molar-refractivity contribution is 6.60. The van der Waals surface area contributed by atoms with Crippen LogP contribution in [0.15, 0.2) is 24.3 Å². The second kappa shape index (κ2) is 6.49. The Kier molecular flexibility index (Phi) is 4.93. The molecule has 2 rings (SSSR count). The van der Waals surface area contributed by atoms with Crippen molar-refractivity contribution in [2.24, 2.45) is 0 Å². The van der Waals surface area contributed by atoms with Crippen LogP contribution < -0.4 is 0 Å². The van der Waals surface area contributed by atoms with Crippen molar-refractivity contribution in [2.45, 2.75) is 25.9 Å². The number of benzene rings is 1. The van der Waals surface area contributed by atoms with Crippen LogP contribution in [0.2, 0.25) is 6.04 Å². The second-order valence-electron chi connectivity index (χ2n) is 4.70. The smallest absolute Gasteiger partial charge is 0.377 e. The van der Waals surface area contributed by atoms with E-state index in [2.05, 4.69) is 15.6 Å². The molecule has 0 saturated carbocycles. The van der Waals surface area contributed by atoms with Gasteiger partial charge in [0.25, 0.3) is 0 Å². The Labute approximate surface area is 120 Å². The summed E-state index contributed by atoms with van der Waals surface area (Å²) in [4.78, 5) is 4.57. The van der Waals surface area contributed by atoms with Gasteiger partial charge in [-0.1, -0.05) is 12.1 Å². The zero-order valence-electron chi connectivity index (χ0n) is 12.5. The number of aryl methyl sites for hydroxylation is 2. The topological polar surface area (TPSA) is 45.5 Å². The number of hydrogen-bond donors (Lipinski definition) is 0. The molecule has 5 nitrogen and oxygen atoms in total. The van der Waals surface area contributed by atoms with Crippen LogP contribution in [0.4, 0.5) is 0 Å². The van der Waals surface area contributed by atoms with Crippen molar-refractivity contribution in [2.75, 3.05) is 21.3 Å². The molecule has 1 aromatic heterocycles. The minimum absolute atomic E-state index is 0.794. The third kappa shape index (κ3) is 2.93. The van der Waals surface area contributed by atoms with Gasteiger partial charge in [0.05, 0.1) is 11.0 Å². The maximum atomic E-state index is 5.44. The molecule has 0 N–H and O–H groups in total. The number of aromatic nitrogens is 2. The van der Waals surface area contributed by atoms with Gasteiger partial charge in [-0.3, -0.25) is 0 Å². The fourth-order valence-electron chi connectivity index (χ4n) is 2.49. The molecule has 20 heavy (non-hydrogen) atoms. The number of hydrogen-bond acceptors (Lipinski definition) is 4. The van der Waals surface area contributed by atoms with E-state index in [-0.39, 0.29) is 0 Å². The lowest BCUT2D eigenvalue weighted by Gasteiger charge is -2.24. The third-order valence-corrected chi connectivity index (χ3v) is 6.48. The summed E-state index contributed by atoms with van der Waals surface area (Å²) in [7, 11) is 2.48. The highest BCUT2D eigenvalue weighted by Crippen LogP contribution is 2.19. The first-order valence-electron chi connectivity index (χ1n) is 6.73. The zero-order chi connectivity index (χ0) is 14.6. The Bertz CT molecular complexity index is 558. The summed E-state index contributed by atoms with van der Waals surface area (Å²) in [6, 6.07) is 8.99. The van der Waals surface area contributed by atoms with Crippen LogP contribution in [0.25, 0.3) is 11.0 Å². The van der Waals surface area contributed by atoms with E-state index in [4.69, 9.17) is 13.3 Å². The Morgan fingerprint density at radius 3 is 2.40 bits per heavy atom. The second-order valence-corrected chi connectivity index (χ2v) is 7.79. The van der Waals surface area contributed by atoms with E-state index >= 15 is 0 Å². The van der Waals surface area contributed by atoms with Gasteiger partial charge in [-0.25, -0.2) is 4.98 Å². The molecule has 0 aliphatic rings. The van der Waals surface area contributed by atoms with E-state index in [9.17, 15) is 0 Å². The number of nitrogens with zero attached hydrogens (tertiary/aromatic N) is 2. The van der Waals surface area contributed by atoms with E-state index in [1.54, 1.807) is 21.3 Å². The Hall–Kier alpha value is -1.21. The zero-order valence-corrected chi connectivity index (χ0v) is 13.5. The molecule has 0 spiro atoms. The molecule has 1 heterocycles. The quantitative estimate of drug-likeness (QED) is 0.736. The Morgan fingerprint density at radius 2 is 1.75 bits per heavy atom. The molecule has 0 aliphatic heterocycles. The number of para-hydroxylation sites is 2. The van der Waals surface area contributed by atoms with Gasteiger partial charge in [0.15, 0.2) is 0 Å². The van der Waals surface area contributed by atoms with Crippen LogP contribution in [0.1, 0.15) is 12.2 Å². The number of imidazole rings is 1. The van der Waals surface area contributed by atoms with Gasteiger partial charge in [0.1, 0.15) is 5.82 Å². The number of fused-ring (bicyclic) bond motifs is 1. The van der Waals surface area contributed by atoms with Crippen molar-refractivity contribution in [3.05, 3.63) is 30.1 Å². The average Bonchev–Trinajstić information content (AvgIpc) is 2.80. The fraction of sp³-hybridized carbons (Fsp3) is 0.500. The molecule has 0 radical (unpaired) electrons. The lowest BCUT2D eigenvalue weighted by molar-refractivity contribution is 0.122. The van der Waals surface area contributed by atoms with Crippen molar-refractivity contribution >= 4 is 19.8 Å². The average molecular weight is 294 g/mol. The van der Waals surface area contributed by atoms with Crippen molar-refractivity contribution < 1.29 is 13.3 Å². The van der Waals surface area contributed by atoms with E-state index in [0.717, 1.165) is 30.4 Å². The molecule has 0 amide bonds. The van der Waals surface area contributed by atoms with E-state index in [0.29, 0.717) is 0 Å². The summed E-state index contributed by atoms with van der Waals surface area (Å²) in [6.45, 7) is 2.92. The predicted octanol–water partition coefficient (Wildman–Crippen LogP) is 2.61. The van der Waals surface area contributed by atoms with Gasteiger partial charge < -0.3 is 17.8 Å². The monoisotopic (exact) mass is 294 g/mol. The standard InChI is InChI=1S/C14H22N2O3Si/c1-12-15-13-8-5-6-9-14(13)16(12)10-7-11-20(17-2,18-3)19-4/h5-6,8-9H,7,10-11H2,1-4H3. The lowest BCUT2D eigenvalue weighted by Crippen LogP contribution is -2.42. The molecule has 0 saturated heterocycles. The minimum atomic E-state index is -2.47. The summed E-state index contributed by atoms with van der Waals surface area (Å²) in [5.74, 6) is 1.03. The maximum absolute atomic E-state index is 5.44. The van der Waals surface area contributed by atoms with Gasteiger partial charge in [-0.05, 0) is 25.5 Å². The molecular formula is C14H22N2O3Si. The lowest BCUT2D eigenvalue weighted by atomic mass is 10.3. The van der Waals surface area contributed by atoms with Crippen molar-refractivity contribution in [3.63, 3.8) is 0 Å². The summed E-state index contributed by atoms with van der Waals surface area (Å²) in [5.41, 5.74) is 2.21. The van der Waals surface area contributed by atoms with E-state index < -0.39 is 8.80 Å². The largest absolute Gasteiger partial charge is 0.500 e. The number of rotatable bonds is 7. The first kappa shape index (κ1) is 15.2.